The Morgan fingerprint density at radius 1 is 1.16 bits per heavy atom. The van der Waals surface area contributed by atoms with Crippen LogP contribution in [0, 0.1) is 0 Å². The van der Waals surface area contributed by atoms with Crippen LogP contribution in [0.15, 0.2) is 48.5 Å². The second kappa shape index (κ2) is 4.65. The van der Waals surface area contributed by atoms with E-state index < -0.39 is 0 Å². The Labute approximate surface area is 111 Å². The monoisotopic (exact) mass is 254 g/mol. The molecule has 0 radical (unpaired) electrons. The molecule has 4 nitrogen and oxygen atoms in total. The van der Waals surface area contributed by atoms with E-state index in [-0.39, 0.29) is 5.91 Å². The van der Waals surface area contributed by atoms with Crippen molar-refractivity contribution in [3.05, 3.63) is 59.7 Å². The largest absolute Gasteiger partial charge is 0.497 e. The first kappa shape index (κ1) is 11.6. The van der Waals surface area contributed by atoms with Crippen LogP contribution < -0.4 is 10.2 Å². The van der Waals surface area contributed by atoms with Crippen LogP contribution >= 0.6 is 0 Å². The van der Waals surface area contributed by atoms with E-state index in [2.05, 4.69) is 5.43 Å². The summed E-state index contributed by atoms with van der Waals surface area (Å²) in [4.78, 5) is 12.2. The van der Waals surface area contributed by atoms with Crippen LogP contribution in [0.25, 0.3) is 0 Å². The van der Waals surface area contributed by atoms with E-state index in [1.807, 2.05) is 48.5 Å². The molecule has 0 aromatic heterocycles. The van der Waals surface area contributed by atoms with Gasteiger partial charge in [0.1, 0.15) is 5.75 Å². The Morgan fingerprint density at radius 2 is 1.95 bits per heavy atom. The third-order valence-corrected chi connectivity index (χ3v) is 3.15. The number of nitrogens with one attached hydrogen (secondary N) is 1. The molecule has 0 saturated carbocycles. The van der Waals surface area contributed by atoms with Crippen LogP contribution in [0.2, 0.25) is 0 Å². The zero-order valence-corrected chi connectivity index (χ0v) is 10.6. The molecule has 19 heavy (non-hydrogen) atoms. The van der Waals surface area contributed by atoms with E-state index >= 15 is 0 Å². The van der Waals surface area contributed by atoms with Gasteiger partial charge < -0.3 is 4.74 Å². The number of hydrogen-bond acceptors (Lipinski definition) is 3. The average Bonchev–Trinajstić information content (AvgIpc) is 2.76. The number of benzene rings is 2. The van der Waals surface area contributed by atoms with Gasteiger partial charge in [-0.05, 0) is 35.9 Å². The predicted molar refractivity (Wildman–Crippen MR) is 72.9 cm³/mol. The molecule has 1 N–H and O–H groups in total. The molecule has 96 valence electrons. The number of nitrogens with zero attached hydrogens (tertiary/aromatic N) is 1. The van der Waals surface area contributed by atoms with Crippen LogP contribution in [0.5, 0.6) is 5.75 Å². The van der Waals surface area contributed by atoms with Crippen molar-refractivity contribution in [1.29, 1.82) is 0 Å². The maximum Gasteiger partial charge on any atom is 0.272 e. The first-order valence-electron chi connectivity index (χ1n) is 6.08. The van der Waals surface area contributed by atoms with Crippen molar-refractivity contribution in [2.75, 3.05) is 12.5 Å². The normalized spacial score (nSPS) is 13.3. The van der Waals surface area contributed by atoms with Gasteiger partial charge in [-0.15, -0.1) is 0 Å². The van der Waals surface area contributed by atoms with Gasteiger partial charge in [0.05, 0.1) is 19.3 Å². The highest BCUT2D eigenvalue weighted by Crippen LogP contribution is 2.26. The summed E-state index contributed by atoms with van der Waals surface area (Å²) in [5.41, 5.74) is 5.72. The van der Waals surface area contributed by atoms with Gasteiger partial charge in [-0.25, -0.2) is 5.01 Å². The summed E-state index contributed by atoms with van der Waals surface area (Å²) in [7, 11) is 1.62. The lowest BCUT2D eigenvalue weighted by Gasteiger charge is -2.18. The fourth-order valence-electron chi connectivity index (χ4n) is 2.18. The molecule has 1 amide bonds. The predicted octanol–water partition coefficient (Wildman–Crippen LogP) is 2.68. The van der Waals surface area contributed by atoms with E-state index in [4.69, 9.17) is 4.74 Å². The third kappa shape index (κ3) is 2.12. The van der Waals surface area contributed by atoms with Gasteiger partial charge in [0.25, 0.3) is 5.91 Å². The molecule has 1 aliphatic heterocycles. The van der Waals surface area contributed by atoms with E-state index in [0.717, 1.165) is 22.6 Å². The van der Waals surface area contributed by atoms with Gasteiger partial charge >= 0.3 is 0 Å². The molecule has 0 aliphatic carbocycles. The van der Waals surface area contributed by atoms with Crippen molar-refractivity contribution in [3.63, 3.8) is 0 Å². The lowest BCUT2D eigenvalue weighted by atomic mass is 10.1. The Hall–Kier alpha value is -2.49. The Balaban J connectivity index is 1.83. The molecule has 0 bridgehead atoms. The molecule has 4 heteroatoms. The fourth-order valence-corrected chi connectivity index (χ4v) is 2.18. The summed E-state index contributed by atoms with van der Waals surface area (Å²) in [6, 6.07) is 15.2. The number of para-hydroxylation sites is 1. The van der Waals surface area contributed by atoms with Crippen LogP contribution in [0.3, 0.4) is 0 Å². The minimum absolute atomic E-state index is 0.0125. The van der Waals surface area contributed by atoms with Crippen molar-refractivity contribution < 1.29 is 9.53 Å². The highest BCUT2D eigenvalue weighted by Gasteiger charge is 2.27. The maximum atomic E-state index is 12.2. The minimum atomic E-state index is -0.0125. The van der Waals surface area contributed by atoms with Crippen LogP contribution in [0.1, 0.15) is 15.9 Å². The van der Waals surface area contributed by atoms with Crippen molar-refractivity contribution in [1.82, 2.24) is 5.01 Å². The molecule has 0 unspecified atom stereocenters. The molecule has 0 fully saturated rings. The highest BCUT2D eigenvalue weighted by atomic mass is 16.5. The smallest absolute Gasteiger partial charge is 0.272 e. The van der Waals surface area contributed by atoms with Crippen LogP contribution in [0.4, 0.5) is 5.69 Å². The van der Waals surface area contributed by atoms with Gasteiger partial charge in [-0.3, -0.25) is 10.2 Å². The van der Waals surface area contributed by atoms with Crippen molar-refractivity contribution in [3.8, 4) is 5.75 Å². The van der Waals surface area contributed by atoms with Gasteiger partial charge in [0.15, 0.2) is 0 Å². The van der Waals surface area contributed by atoms with Crippen LogP contribution in [-0.2, 0) is 6.54 Å². The zero-order chi connectivity index (χ0) is 13.2. The molecule has 3 rings (SSSR count). The molecule has 0 atom stereocenters. The number of hydrogen-bond donors (Lipinski definition) is 1. The van der Waals surface area contributed by atoms with Crippen molar-refractivity contribution in [2.45, 2.75) is 6.54 Å². The number of carbonyl (C=O) groups is 1. The molecular weight excluding hydrogens is 240 g/mol. The maximum absolute atomic E-state index is 12.2. The summed E-state index contributed by atoms with van der Waals surface area (Å²) in [5, 5.41) is 1.61. The quantitative estimate of drug-likeness (QED) is 0.915. The average molecular weight is 254 g/mol. The number of hydrazine groups is 1. The van der Waals surface area contributed by atoms with Crippen molar-refractivity contribution >= 4 is 11.6 Å². The Kier molecular flexibility index (Phi) is 2.83. The van der Waals surface area contributed by atoms with Gasteiger partial charge in [0.2, 0.25) is 0 Å². The number of methoxy groups -OCH3 is 1. The van der Waals surface area contributed by atoms with E-state index in [9.17, 15) is 4.79 Å². The Bertz CT molecular complexity index is 611. The summed E-state index contributed by atoms with van der Waals surface area (Å²) in [6.45, 7) is 0.542. The Morgan fingerprint density at radius 3 is 2.68 bits per heavy atom. The second-order valence-electron chi connectivity index (χ2n) is 4.39. The first-order chi connectivity index (χ1) is 9.28. The lowest BCUT2D eigenvalue weighted by molar-refractivity contribution is 0.0814. The number of rotatable bonds is 3. The molecular formula is C15H14N2O2. The van der Waals surface area contributed by atoms with Gasteiger partial charge in [-0.1, -0.05) is 18.2 Å². The molecule has 2 aromatic carbocycles. The summed E-state index contributed by atoms with van der Waals surface area (Å²) < 4.78 is 5.18. The van der Waals surface area contributed by atoms with Gasteiger partial charge in [0, 0.05) is 5.56 Å². The number of ether oxygens (including phenoxy) is 1. The molecule has 0 spiro atoms. The summed E-state index contributed by atoms with van der Waals surface area (Å²) in [5.74, 6) is 0.759. The highest BCUT2D eigenvalue weighted by molar-refractivity contribution is 5.99. The topological polar surface area (TPSA) is 41.6 Å². The lowest BCUT2D eigenvalue weighted by Crippen LogP contribution is -2.29. The summed E-state index contributed by atoms with van der Waals surface area (Å²) in [6.07, 6.45) is 0. The van der Waals surface area contributed by atoms with Crippen molar-refractivity contribution in [2.24, 2.45) is 0 Å². The zero-order valence-electron chi connectivity index (χ0n) is 10.6. The second-order valence-corrected chi connectivity index (χ2v) is 4.39. The first-order valence-corrected chi connectivity index (χ1v) is 6.08. The minimum Gasteiger partial charge on any atom is -0.497 e. The van der Waals surface area contributed by atoms with Gasteiger partial charge in [-0.2, -0.15) is 0 Å². The van der Waals surface area contributed by atoms with Crippen LogP contribution in [-0.4, -0.2) is 18.0 Å². The van der Waals surface area contributed by atoms with E-state index in [1.54, 1.807) is 12.1 Å². The SMILES string of the molecule is COc1ccc2c(c1)CN(Nc1ccccc1)C2=O. The molecule has 2 aromatic rings. The molecule has 1 aliphatic rings. The van der Waals surface area contributed by atoms with E-state index in [0.29, 0.717) is 6.54 Å². The number of anilines is 1. The molecule has 0 saturated heterocycles. The fraction of sp³-hybridized carbons (Fsp3) is 0.133. The number of fused-ring (bicyclic) bond motifs is 1. The standard InChI is InChI=1S/C15H14N2O2/c1-19-13-7-8-14-11(9-13)10-17(15(14)18)16-12-5-3-2-4-6-12/h2-9,16H,10H2,1H3. The third-order valence-electron chi connectivity index (χ3n) is 3.15. The number of amides is 1. The molecule has 1 heterocycles. The summed E-state index contributed by atoms with van der Waals surface area (Å²) >= 11 is 0. The van der Waals surface area contributed by atoms with E-state index in [1.165, 1.54) is 0 Å². The number of carbonyl (C=O) groups excluding carboxylic acids is 1.